The zero-order valence-electron chi connectivity index (χ0n) is 12.9. The van der Waals surface area contributed by atoms with E-state index in [9.17, 15) is 8.42 Å². The third kappa shape index (κ3) is 2.39. The molecule has 0 bridgehead atoms. The van der Waals surface area contributed by atoms with Crippen LogP contribution in [-0.2, 0) is 23.0 Å². The molecule has 0 saturated carbocycles. The lowest BCUT2D eigenvalue weighted by Crippen LogP contribution is -2.39. The highest BCUT2D eigenvalue weighted by Gasteiger charge is 2.44. The largest absolute Gasteiger partial charge is 0.333 e. The lowest BCUT2D eigenvalue weighted by molar-refractivity contribution is 0.218. The van der Waals surface area contributed by atoms with Crippen LogP contribution in [0.2, 0.25) is 0 Å². The van der Waals surface area contributed by atoms with Gasteiger partial charge in [-0.15, -0.1) is 0 Å². The van der Waals surface area contributed by atoms with E-state index in [1.165, 1.54) is 0 Å². The first-order valence-corrected chi connectivity index (χ1v) is 9.80. The molecule has 122 valence electrons. The monoisotopic (exact) mass is 324 g/mol. The minimum Gasteiger partial charge on any atom is -0.333 e. The van der Waals surface area contributed by atoms with Crippen LogP contribution < -0.4 is 5.32 Å². The van der Waals surface area contributed by atoms with E-state index < -0.39 is 10.0 Å². The number of fused-ring (bicyclic) bond motifs is 1. The van der Waals surface area contributed by atoms with E-state index in [4.69, 9.17) is 0 Å². The van der Waals surface area contributed by atoms with Gasteiger partial charge in [0, 0.05) is 32.3 Å². The Bertz CT molecular complexity index is 638. The van der Waals surface area contributed by atoms with Gasteiger partial charge in [-0.3, -0.25) is 0 Å². The van der Waals surface area contributed by atoms with Gasteiger partial charge in [-0.25, -0.2) is 13.4 Å². The maximum atomic E-state index is 12.9. The Hall–Kier alpha value is -0.920. The molecule has 7 heteroatoms. The van der Waals surface area contributed by atoms with Crippen molar-refractivity contribution in [2.75, 3.05) is 26.2 Å². The first-order chi connectivity index (χ1) is 10.6. The molecule has 3 aliphatic heterocycles. The van der Waals surface area contributed by atoms with Gasteiger partial charge in [-0.05, 0) is 50.6 Å². The van der Waals surface area contributed by atoms with Crippen LogP contribution in [0.4, 0.5) is 0 Å². The molecular weight excluding hydrogens is 300 g/mol. The molecule has 2 saturated heterocycles. The van der Waals surface area contributed by atoms with Gasteiger partial charge in [0.15, 0.2) is 5.03 Å². The topological polar surface area (TPSA) is 67.2 Å². The fraction of sp³-hybridized carbons (Fsp3) is 0.800. The fourth-order valence-corrected chi connectivity index (χ4v) is 5.63. The maximum Gasteiger partial charge on any atom is 0.262 e. The Kier molecular flexibility index (Phi) is 3.54. The molecule has 1 aromatic heterocycles. The van der Waals surface area contributed by atoms with Gasteiger partial charge in [-0.1, -0.05) is 0 Å². The normalized spacial score (nSPS) is 25.5. The van der Waals surface area contributed by atoms with E-state index in [2.05, 4.69) is 10.3 Å². The van der Waals surface area contributed by atoms with Gasteiger partial charge in [0.05, 0.1) is 0 Å². The predicted octanol–water partition coefficient (Wildman–Crippen LogP) is 0.984. The van der Waals surface area contributed by atoms with E-state index in [0.717, 1.165) is 64.0 Å². The van der Waals surface area contributed by atoms with Crippen molar-refractivity contribution in [3.63, 3.8) is 0 Å². The van der Waals surface area contributed by atoms with Crippen LogP contribution in [-0.4, -0.2) is 48.5 Å². The van der Waals surface area contributed by atoms with E-state index in [1.807, 2.05) is 4.57 Å². The molecule has 1 aromatic rings. The summed E-state index contributed by atoms with van der Waals surface area (Å²) in [4.78, 5) is 4.42. The van der Waals surface area contributed by atoms with Crippen LogP contribution in [0.5, 0.6) is 0 Å². The first-order valence-electron chi connectivity index (χ1n) is 8.36. The van der Waals surface area contributed by atoms with Crippen molar-refractivity contribution < 1.29 is 8.42 Å². The summed E-state index contributed by atoms with van der Waals surface area (Å²) in [5.74, 6) is 0.931. The van der Waals surface area contributed by atoms with Gasteiger partial charge in [0.2, 0.25) is 0 Å². The summed E-state index contributed by atoms with van der Waals surface area (Å²) in [7, 11) is -3.43. The van der Waals surface area contributed by atoms with Crippen LogP contribution in [0, 0.1) is 5.41 Å². The number of rotatable bonds is 2. The van der Waals surface area contributed by atoms with Gasteiger partial charge < -0.3 is 9.88 Å². The molecule has 6 nitrogen and oxygen atoms in total. The molecule has 2 fully saturated rings. The fourth-order valence-electron chi connectivity index (χ4n) is 4.11. The molecule has 0 unspecified atom stereocenters. The molecule has 0 radical (unpaired) electrons. The standard InChI is InChI=1S/C15H24N4O2S/c20-22(21,14-11-18-9-2-1-3-13(18)17-14)19-10-6-15(12-19)4-7-16-8-5-15/h11,16H,1-10,12H2. The van der Waals surface area contributed by atoms with Gasteiger partial charge in [0.25, 0.3) is 10.0 Å². The highest BCUT2D eigenvalue weighted by molar-refractivity contribution is 7.89. The van der Waals surface area contributed by atoms with Gasteiger partial charge in [0.1, 0.15) is 5.82 Å². The summed E-state index contributed by atoms with van der Waals surface area (Å²) >= 11 is 0. The minimum absolute atomic E-state index is 0.192. The maximum absolute atomic E-state index is 12.9. The smallest absolute Gasteiger partial charge is 0.262 e. The summed E-state index contributed by atoms with van der Waals surface area (Å²) in [6.07, 6.45) is 8.01. The van der Waals surface area contributed by atoms with Gasteiger partial charge in [-0.2, -0.15) is 4.31 Å². The quantitative estimate of drug-likeness (QED) is 0.881. The van der Waals surface area contributed by atoms with Crippen molar-refractivity contribution in [1.29, 1.82) is 0 Å². The number of hydrogen-bond acceptors (Lipinski definition) is 4. The summed E-state index contributed by atoms with van der Waals surface area (Å²) in [5.41, 5.74) is 0.192. The highest BCUT2D eigenvalue weighted by Crippen LogP contribution is 2.40. The Morgan fingerprint density at radius 1 is 1.14 bits per heavy atom. The molecule has 0 aromatic carbocycles. The highest BCUT2D eigenvalue weighted by atomic mass is 32.2. The zero-order chi connectivity index (χ0) is 15.2. The van der Waals surface area contributed by atoms with E-state index in [1.54, 1.807) is 10.5 Å². The van der Waals surface area contributed by atoms with Crippen LogP contribution in [0.1, 0.15) is 37.9 Å². The number of sulfonamides is 1. The van der Waals surface area contributed by atoms with E-state index >= 15 is 0 Å². The zero-order valence-corrected chi connectivity index (χ0v) is 13.7. The SMILES string of the molecule is O=S(=O)(c1cn2c(n1)CCCC2)N1CCC2(CCNCC2)C1. The van der Waals surface area contributed by atoms with Crippen molar-refractivity contribution >= 4 is 10.0 Å². The molecule has 22 heavy (non-hydrogen) atoms. The van der Waals surface area contributed by atoms with Gasteiger partial charge >= 0.3 is 0 Å². The van der Waals surface area contributed by atoms with E-state index in [-0.39, 0.29) is 10.4 Å². The lowest BCUT2D eigenvalue weighted by Gasteiger charge is -2.33. The third-order valence-electron chi connectivity index (χ3n) is 5.56. The number of aromatic nitrogens is 2. The molecule has 3 aliphatic rings. The number of piperidine rings is 1. The Morgan fingerprint density at radius 3 is 2.73 bits per heavy atom. The molecular formula is C15H24N4O2S. The van der Waals surface area contributed by atoms with E-state index in [0.29, 0.717) is 13.1 Å². The predicted molar refractivity (Wildman–Crippen MR) is 83.1 cm³/mol. The number of aryl methyl sites for hydroxylation is 2. The molecule has 1 N–H and O–H groups in total. The van der Waals surface area contributed by atoms with Crippen molar-refractivity contribution in [2.24, 2.45) is 5.41 Å². The average Bonchev–Trinajstić information content (AvgIpc) is 3.13. The summed E-state index contributed by atoms with van der Waals surface area (Å²) in [6, 6.07) is 0. The first kappa shape index (κ1) is 14.7. The third-order valence-corrected chi connectivity index (χ3v) is 7.27. The number of imidazole rings is 1. The molecule has 4 rings (SSSR count). The van der Waals surface area contributed by atoms with Crippen LogP contribution in [0.15, 0.2) is 11.2 Å². The molecule has 1 spiro atoms. The summed E-state index contributed by atoms with van der Waals surface area (Å²) < 4.78 is 29.5. The molecule has 0 aliphatic carbocycles. The second kappa shape index (κ2) is 5.32. The van der Waals surface area contributed by atoms with Crippen molar-refractivity contribution in [1.82, 2.24) is 19.2 Å². The number of nitrogens with one attached hydrogen (secondary N) is 1. The van der Waals surface area contributed by atoms with Crippen molar-refractivity contribution in [3.05, 3.63) is 12.0 Å². The summed E-state index contributed by atoms with van der Waals surface area (Å²) in [5, 5.41) is 3.63. The van der Waals surface area contributed by atoms with Crippen LogP contribution in [0.3, 0.4) is 0 Å². The second-order valence-corrected chi connectivity index (χ2v) is 8.87. The molecule has 0 atom stereocenters. The average molecular weight is 324 g/mol. The molecule has 4 heterocycles. The summed E-state index contributed by atoms with van der Waals surface area (Å²) in [6.45, 7) is 4.22. The Morgan fingerprint density at radius 2 is 1.95 bits per heavy atom. The second-order valence-electron chi connectivity index (χ2n) is 6.98. The Labute approximate surface area is 132 Å². The molecule has 0 amide bonds. The Balaban J connectivity index is 1.57. The number of nitrogens with zero attached hydrogens (tertiary/aromatic N) is 3. The van der Waals surface area contributed by atoms with Crippen molar-refractivity contribution in [2.45, 2.75) is 50.1 Å². The van der Waals surface area contributed by atoms with Crippen molar-refractivity contribution in [3.8, 4) is 0 Å². The number of hydrogen-bond donors (Lipinski definition) is 1. The van der Waals surface area contributed by atoms with Crippen LogP contribution in [0.25, 0.3) is 0 Å². The minimum atomic E-state index is -3.43. The van der Waals surface area contributed by atoms with Crippen LogP contribution >= 0.6 is 0 Å². The lowest BCUT2D eigenvalue weighted by atomic mass is 9.78.